The summed E-state index contributed by atoms with van der Waals surface area (Å²) in [5, 5.41) is 2.52. The van der Waals surface area contributed by atoms with Crippen molar-refractivity contribution >= 4 is 53.7 Å². The van der Waals surface area contributed by atoms with E-state index in [0.29, 0.717) is 0 Å². The average molecular weight is 401 g/mol. The third-order valence-corrected chi connectivity index (χ3v) is 5.08. The molecule has 1 aromatic heterocycles. The number of hydrogen-bond donors (Lipinski definition) is 1. The minimum atomic E-state index is 1.09. The summed E-state index contributed by atoms with van der Waals surface area (Å²) in [4.78, 5) is 3.46. The predicted molar refractivity (Wildman–Crippen MR) is 96.6 cm³/mol. The van der Waals surface area contributed by atoms with Crippen molar-refractivity contribution in [3.8, 4) is 11.1 Å². The van der Waals surface area contributed by atoms with E-state index in [-0.39, 0.29) is 0 Å². The molecule has 3 aromatic carbocycles. The van der Waals surface area contributed by atoms with Crippen LogP contribution in [-0.4, -0.2) is 4.98 Å². The molecule has 4 rings (SSSR count). The van der Waals surface area contributed by atoms with Gasteiger partial charge in [0.1, 0.15) is 0 Å². The van der Waals surface area contributed by atoms with E-state index in [2.05, 4.69) is 91.4 Å². The Morgan fingerprint density at radius 1 is 0.667 bits per heavy atom. The lowest BCUT2D eigenvalue weighted by Gasteiger charge is -2.08. The Kier molecular flexibility index (Phi) is 3.12. The van der Waals surface area contributed by atoms with Gasteiger partial charge in [-0.3, -0.25) is 0 Å². The van der Waals surface area contributed by atoms with Crippen molar-refractivity contribution in [2.24, 2.45) is 0 Å². The lowest BCUT2D eigenvalue weighted by molar-refractivity contribution is 1.53. The molecule has 1 nitrogen and oxygen atoms in total. The molecular weight excluding hydrogens is 390 g/mol. The lowest BCUT2D eigenvalue weighted by Crippen LogP contribution is -1.82. The Labute approximate surface area is 139 Å². The highest BCUT2D eigenvalue weighted by molar-refractivity contribution is 9.11. The second-order valence-corrected chi connectivity index (χ2v) is 6.74. The zero-order valence-electron chi connectivity index (χ0n) is 11.0. The van der Waals surface area contributed by atoms with Crippen molar-refractivity contribution in [1.82, 2.24) is 4.98 Å². The molecule has 0 fully saturated rings. The summed E-state index contributed by atoms with van der Waals surface area (Å²) < 4.78 is 2.19. The van der Waals surface area contributed by atoms with Gasteiger partial charge in [-0.25, -0.2) is 0 Å². The Morgan fingerprint density at radius 3 is 2.19 bits per heavy atom. The molecule has 0 saturated heterocycles. The fraction of sp³-hybridized carbons (Fsp3) is 0. The summed E-state index contributed by atoms with van der Waals surface area (Å²) in [5.41, 5.74) is 4.73. The SMILES string of the molecule is Brc1cccc(Br)c1-c1ccc2[nH]c3ccccc3c2c1. The minimum Gasteiger partial charge on any atom is -0.355 e. The number of nitrogens with one attached hydrogen (secondary N) is 1. The summed E-state index contributed by atoms with van der Waals surface area (Å²) in [5.74, 6) is 0. The van der Waals surface area contributed by atoms with E-state index < -0.39 is 0 Å². The number of aromatic amines is 1. The molecule has 1 heterocycles. The maximum atomic E-state index is 3.65. The van der Waals surface area contributed by atoms with Crippen LogP contribution in [0.2, 0.25) is 0 Å². The highest BCUT2D eigenvalue weighted by Crippen LogP contribution is 2.37. The molecule has 0 unspecified atom stereocenters. The van der Waals surface area contributed by atoms with Crippen LogP contribution in [-0.2, 0) is 0 Å². The van der Waals surface area contributed by atoms with Gasteiger partial charge in [-0.05, 0) is 35.9 Å². The van der Waals surface area contributed by atoms with Crippen LogP contribution in [0.3, 0.4) is 0 Å². The topological polar surface area (TPSA) is 15.8 Å². The number of fused-ring (bicyclic) bond motifs is 3. The average Bonchev–Trinajstić information content (AvgIpc) is 2.85. The Hall–Kier alpha value is -1.58. The van der Waals surface area contributed by atoms with Crippen LogP contribution in [0.5, 0.6) is 0 Å². The van der Waals surface area contributed by atoms with Crippen LogP contribution in [0.1, 0.15) is 0 Å². The largest absolute Gasteiger partial charge is 0.355 e. The molecule has 0 aliphatic carbocycles. The van der Waals surface area contributed by atoms with Gasteiger partial charge in [-0.1, -0.05) is 62.2 Å². The molecule has 0 bridgehead atoms. The molecule has 0 aliphatic heterocycles. The van der Waals surface area contributed by atoms with Crippen LogP contribution in [0.4, 0.5) is 0 Å². The molecule has 0 spiro atoms. The van der Waals surface area contributed by atoms with E-state index in [1.54, 1.807) is 0 Å². The Balaban J connectivity index is 2.05. The molecule has 0 radical (unpaired) electrons. The van der Waals surface area contributed by atoms with Crippen LogP contribution >= 0.6 is 31.9 Å². The van der Waals surface area contributed by atoms with Gasteiger partial charge in [0.05, 0.1) is 0 Å². The predicted octanol–water partition coefficient (Wildman–Crippen LogP) is 6.51. The molecule has 0 amide bonds. The summed E-state index contributed by atoms with van der Waals surface area (Å²) in [6.45, 7) is 0. The maximum absolute atomic E-state index is 3.65. The first-order valence-corrected chi connectivity index (χ1v) is 8.27. The van der Waals surface area contributed by atoms with Crippen LogP contribution in [0.15, 0.2) is 69.6 Å². The highest BCUT2D eigenvalue weighted by atomic mass is 79.9. The molecule has 21 heavy (non-hydrogen) atoms. The lowest BCUT2D eigenvalue weighted by atomic mass is 10.0. The van der Waals surface area contributed by atoms with Gasteiger partial charge in [0, 0.05) is 36.3 Å². The van der Waals surface area contributed by atoms with Gasteiger partial charge in [-0.2, -0.15) is 0 Å². The van der Waals surface area contributed by atoms with Crippen molar-refractivity contribution in [2.45, 2.75) is 0 Å². The molecule has 102 valence electrons. The summed E-state index contributed by atoms with van der Waals surface area (Å²) in [6, 6.07) is 21.1. The van der Waals surface area contributed by atoms with Gasteiger partial charge in [0.2, 0.25) is 0 Å². The minimum absolute atomic E-state index is 1.09. The molecular formula is C18H11Br2N. The van der Waals surface area contributed by atoms with Crippen molar-refractivity contribution in [1.29, 1.82) is 0 Å². The van der Waals surface area contributed by atoms with E-state index in [4.69, 9.17) is 0 Å². The molecule has 4 aromatic rings. The number of benzene rings is 3. The number of hydrogen-bond acceptors (Lipinski definition) is 0. The molecule has 0 aliphatic rings. The number of H-pyrrole nitrogens is 1. The number of rotatable bonds is 1. The summed E-state index contributed by atoms with van der Waals surface area (Å²) in [7, 11) is 0. The Morgan fingerprint density at radius 2 is 1.38 bits per heavy atom. The first kappa shape index (κ1) is 13.1. The maximum Gasteiger partial charge on any atom is 0.0465 e. The highest BCUT2D eigenvalue weighted by Gasteiger charge is 2.10. The van der Waals surface area contributed by atoms with E-state index in [1.807, 2.05) is 6.07 Å². The normalized spacial score (nSPS) is 11.3. The smallest absolute Gasteiger partial charge is 0.0465 e. The van der Waals surface area contributed by atoms with E-state index in [0.717, 1.165) is 8.95 Å². The molecule has 0 atom stereocenters. The zero-order valence-corrected chi connectivity index (χ0v) is 14.2. The van der Waals surface area contributed by atoms with Gasteiger partial charge in [0.15, 0.2) is 0 Å². The first-order chi connectivity index (χ1) is 10.2. The first-order valence-electron chi connectivity index (χ1n) is 6.69. The number of para-hydroxylation sites is 1. The number of aromatic nitrogens is 1. The molecule has 1 N–H and O–H groups in total. The van der Waals surface area contributed by atoms with E-state index in [1.165, 1.54) is 32.9 Å². The van der Waals surface area contributed by atoms with Gasteiger partial charge in [0.25, 0.3) is 0 Å². The van der Waals surface area contributed by atoms with Gasteiger partial charge in [-0.15, -0.1) is 0 Å². The quantitative estimate of drug-likeness (QED) is 0.374. The van der Waals surface area contributed by atoms with Crippen molar-refractivity contribution in [3.63, 3.8) is 0 Å². The fourth-order valence-electron chi connectivity index (χ4n) is 2.78. The van der Waals surface area contributed by atoms with Crippen LogP contribution < -0.4 is 0 Å². The van der Waals surface area contributed by atoms with Gasteiger partial charge >= 0.3 is 0 Å². The second kappa shape index (κ2) is 5.00. The van der Waals surface area contributed by atoms with Gasteiger partial charge < -0.3 is 4.98 Å². The van der Waals surface area contributed by atoms with Crippen LogP contribution in [0.25, 0.3) is 32.9 Å². The van der Waals surface area contributed by atoms with Crippen molar-refractivity contribution < 1.29 is 0 Å². The monoisotopic (exact) mass is 399 g/mol. The van der Waals surface area contributed by atoms with E-state index >= 15 is 0 Å². The van der Waals surface area contributed by atoms with E-state index in [9.17, 15) is 0 Å². The Bertz CT molecular complexity index is 949. The van der Waals surface area contributed by atoms with Crippen LogP contribution in [0, 0.1) is 0 Å². The number of halogens is 2. The zero-order chi connectivity index (χ0) is 14.4. The standard InChI is InChI=1S/C18H11Br2N/c19-14-5-3-6-15(20)18(14)11-8-9-17-13(10-11)12-4-1-2-7-16(12)21-17/h1-10,21H. The third kappa shape index (κ3) is 2.12. The van der Waals surface area contributed by atoms with Crippen molar-refractivity contribution in [3.05, 3.63) is 69.6 Å². The fourth-order valence-corrected chi connectivity index (χ4v) is 4.23. The molecule has 0 saturated carbocycles. The third-order valence-electron chi connectivity index (χ3n) is 3.76. The summed E-state index contributed by atoms with van der Waals surface area (Å²) in [6.07, 6.45) is 0. The second-order valence-electron chi connectivity index (χ2n) is 5.03. The molecule has 3 heteroatoms. The van der Waals surface area contributed by atoms with Crippen molar-refractivity contribution in [2.75, 3.05) is 0 Å². The summed E-state index contributed by atoms with van der Waals surface area (Å²) >= 11 is 7.30.